The van der Waals surface area contributed by atoms with Gasteiger partial charge in [0.25, 0.3) is 0 Å². The largest absolute Gasteiger partial charge is 0.335 e. The van der Waals surface area contributed by atoms with Gasteiger partial charge in [0.2, 0.25) is 15.9 Å². The molecule has 2 fully saturated rings. The van der Waals surface area contributed by atoms with Crippen molar-refractivity contribution >= 4 is 15.9 Å². The number of nitrogens with zero attached hydrogens (tertiary/aromatic N) is 2. The number of benzene rings is 2. The van der Waals surface area contributed by atoms with Crippen molar-refractivity contribution in [1.82, 2.24) is 9.21 Å². The predicted molar refractivity (Wildman–Crippen MR) is 108 cm³/mol. The van der Waals surface area contributed by atoms with Crippen LogP contribution in [0.4, 0.5) is 0 Å². The maximum absolute atomic E-state index is 13.2. The lowest BCUT2D eigenvalue weighted by atomic mass is 9.95. The Kier molecular flexibility index (Phi) is 5.51. The maximum Gasteiger partial charge on any atom is 0.243 e. The van der Waals surface area contributed by atoms with Gasteiger partial charge in [-0.2, -0.15) is 4.31 Å². The lowest BCUT2D eigenvalue weighted by Gasteiger charge is -2.34. The minimum absolute atomic E-state index is 0.0912. The number of likely N-dealkylation sites (tertiary alicyclic amines) is 1. The third-order valence-corrected chi connectivity index (χ3v) is 7.82. The van der Waals surface area contributed by atoms with Crippen molar-refractivity contribution < 1.29 is 13.2 Å². The molecule has 148 valence electrons. The van der Waals surface area contributed by atoms with Crippen molar-refractivity contribution in [3.05, 3.63) is 66.2 Å². The molecule has 0 aromatic heterocycles. The molecule has 2 heterocycles. The van der Waals surface area contributed by atoms with E-state index in [-0.39, 0.29) is 17.9 Å². The lowest BCUT2D eigenvalue weighted by molar-refractivity contribution is -0.137. The van der Waals surface area contributed by atoms with Crippen LogP contribution in [0, 0.1) is 5.92 Å². The normalized spacial score (nSPS) is 21.7. The summed E-state index contributed by atoms with van der Waals surface area (Å²) in [4.78, 5) is 15.5. The lowest BCUT2D eigenvalue weighted by Crippen LogP contribution is -2.44. The van der Waals surface area contributed by atoms with E-state index >= 15 is 0 Å². The number of carbonyl (C=O) groups is 1. The zero-order valence-corrected chi connectivity index (χ0v) is 16.7. The van der Waals surface area contributed by atoms with E-state index in [0.717, 1.165) is 19.4 Å². The summed E-state index contributed by atoms with van der Waals surface area (Å²) in [6, 6.07) is 18.9. The summed E-state index contributed by atoms with van der Waals surface area (Å²) in [6.07, 6.45) is 3.19. The van der Waals surface area contributed by atoms with Gasteiger partial charge in [-0.05, 0) is 43.4 Å². The minimum atomic E-state index is -3.48. The number of carbonyl (C=O) groups excluding carboxylic acids is 1. The molecular weight excluding hydrogens is 372 g/mol. The summed E-state index contributed by atoms with van der Waals surface area (Å²) in [6.45, 7) is 1.59. The Morgan fingerprint density at radius 3 is 2.07 bits per heavy atom. The number of hydrogen-bond acceptors (Lipinski definition) is 3. The first kappa shape index (κ1) is 19.2. The van der Waals surface area contributed by atoms with E-state index in [0.29, 0.717) is 30.8 Å². The van der Waals surface area contributed by atoms with Crippen LogP contribution in [0.15, 0.2) is 65.6 Å². The molecule has 2 aliphatic rings. The van der Waals surface area contributed by atoms with Gasteiger partial charge in [0.05, 0.1) is 10.9 Å². The maximum atomic E-state index is 13.2. The summed E-state index contributed by atoms with van der Waals surface area (Å²) >= 11 is 0. The molecule has 2 aromatic rings. The third kappa shape index (κ3) is 3.71. The topological polar surface area (TPSA) is 57.7 Å². The Balaban J connectivity index is 1.42. The van der Waals surface area contributed by atoms with Crippen LogP contribution in [0.5, 0.6) is 0 Å². The van der Waals surface area contributed by atoms with Crippen molar-refractivity contribution in [2.24, 2.45) is 5.92 Å². The average Bonchev–Trinajstić information content (AvgIpc) is 3.24. The summed E-state index contributed by atoms with van der Waals surface area (Å²) in [5.41, 5.74) is 1.19. The van der Waals surface area contributed by atoms with Gasteiger partial charge in [-0.3, -0.25) is 4.79 Å². The second-order valence-corrected chi connectivity index (χ2v) is 9.53. The van der Waals surface area contributed by atoms with Gasteiger partial charge in [0.1, 0.15) is 0 Å². The zero-order chi connectivity index (χ0) is 19.6. The molecule has 0 bridgehead atoms. The van der Waals surface area contributed by atoms with E-state index < -0.39 is 10.0 Å². The van der Waals surface area contributed by atoms with E-state index in [1.165, 1.54) is 9.87 Å². The third-order valence-electron chi connectivity index (χ3n) is 5.90. The average molecular weight is 399 g/mol. The molecule has 6 heteroatoms. The molecule has 0 N–H and O–H groups in total. The molecular formula is C22H26N2O3S. The highest BCUT2D eigenvalue weighted by atomic mass is 32.2. The number of rotatable bonds is 4. The van der Waals surface area contributed by atoms with Gasteiger partial charge in [-0.1, -0.05) is 48.5 Å². The molecule has 2 aliphatic heterocycles. The van der Waals surface area contributed by atoms with Crippen LogP contribution in [0.3, 0.4) is 0 Å². The Hall–Kier alpha value is -2.18. The highest BCUT2D eigenvalue weighted by Gasteiger charge is 2.37. The van der Waals surface area contributed by atoms with Crippen LogP contribution in [0.25, 0.3) is 0 Å². The van der Waals surface area contributed by atoms with Gasteiger partial charge < -0.3 is 4.90 Å². The molecule has 0 aliphatic carbocycles. The van der Waals surface area contributed by atoms with Crippen molar-refractivity contribution in [3.63, 3.8) is 0 Å². The first-order valence-electron chi connectivity index (χ1n) is 9.98. The predicted octanol–water partition coefficient (Wildman–Crippen LogP) is 3.45. The van der Waals surface area contributed by atoms with Crippen molar-refractivity contribution in [2.75, 3.05) is 19.6 Å². The van der Waals surface area contributed by atoms with Gasteiger partial charge in [0, 0.05) is 25.6 Å². The summed E-state index contributed by atoms with van der Waals surface area (Å²) in [7, 11) is -3.48. The van der Waals surface area contributed by atoms with Crippen molar-refractivity contribution in [1.29, 1.82) is 0 Å². The Morgan fingerprint density at radius 2 is 1.43 bits per heavy atom. The molecule has 1 atom stereocenters. The molecule has 4 rings (SSSR count). The SMILES string of the molecule is O=C(C1CCN(S(=O)(=O)c2ccccc2)CC1)N1CCC[C@@H]1c1ccccc1. The van der Waals surface area contributed by atoms with Crippen LogP contribution < -0.4 is 0 Å². The monoisotopic (exact) mass is 398 g/mol. The van der Waals surface area contributed by atoms with Crippen molar-refractivity contribution in [3.8, 4) is 0 Å². The molecule has 2 saturated heterocycles. The molecule has 28 heavy (non-hydrogen) atoms. The fraction of sp³-hybridized carbons (Fsp3) is 0.409. The standard InChI is InChI=1S/C22H26N2O3S/c25-22(24-15-7-12-21(24)18-8-3-1-4-9-18)19-13-16-23(17-14-19)28(26,27)20-10-5-2-6-11-20/h1-6,8-11,19,21H,7,12-17H2/t21-/m1/s1. The Morgan fingerprint density at radius 1 is 0.821 bits per heavy atom. The smallest absolute Gasteiger partial charge is 0.243 e. The molecule has 0 spiro atoms. The van der Waals surface area contributed by atoms with Crippen LogP contribution in [-0.2, 0) is 14.8 Å². The van der Waals surface area contributed by atoms with Crippen molar-refractivity contribution in [2.45, 2.75) is 36.6 Å². The van der Waals surface area contributed by atoms with E-state index in [1.54, 1.807) is 24.3 Å². The fourth-order valence-electron chi connectivity index (χ4n) is 4.37. The van der Waals surface area contributed by atoms with Gasteiger partial charge in [-0.25, -0.2) is 8.42 Å². The summed E-state index contributed by atoms with van der Waals surface area (Å²) < 4.78 is 27.1. The van der Waals surface area contributed by atoms with Crippen LogP contribution >= 0.6 is 0 Å². The molecule has 5 nitrogen and oxygen atoms in total. The van der Waals surface area contributed by atoms with E-state index in [4.69, 9.17) is 0 Å². The Bertz CT molecular complexity index is 907. The molecule has 1 amide bonds. The quantitative estimate of drug-likeness (QED) is 0.793. The van der Waals surface area contributed by atoms with E-state index in [9.17, 15) is 13.2 Å². The van der Waals surface area contributed by atoms with E-state index in [1.807, 2.05) is 29.2 Å². The molecule has 0 radical (unpaired) electrons. The number of sulfonamides is 1. The second-order valence-electron chi connectivity index (χ2n) is 7.59. The minimum Gasteiger partial charge on any atom is -0.335 e. The highest BCUT2D eigenvalue weighted by molar-refractivity contribution is 7.89. The van der Waals surface area contributed by atoms with Gasteiger partial charge in [0.15, 0.2) is 0 Å². The zero-order valence-electron chi connectivity index (χ0n) is 15.9. The van der Waals surface area contributed by atoms with Crippen LogP contribution in [0.1, 0.15) is 37.3 Å². The second kappa shape index (κ2) is 8.05. The first-order valence-corrected chi connectivity index (χ1v) is 11.4. The van der Waals surface area contributed by atoms with Crippen LogP contribution in [-0.4, -0.2) is 43.2 Å². The molecule has 0 saturated carbocycles. The summed E-state index contributed by atoms with van der Waals surface area (Å²) in [5, 5.41) is 0. The van der Waals surface area contributed by atoms with E-state index in [2.05, 4.69) is 12.1 Å². The number of hydrogen-bond donors (Lipinski definition) is 0. The summed E-state index contributed by atoms with van der Waals surface area (Å²) in [5.74, 6) is 0.0923. The van der Waals surface area contributed by atoms with Gasteiger partial charge >= 0.3 is 0 Å². The first-order chi connectivity index (χ1) is 13.6. The Labute approximate surface area is 167 Å². The van der Waals surface area contributed by atoms with Crippen LogP contribution in [0.2, 0.25) is 0 Å². The molecule has 2 aromatic carbocycles. The fourth-order valence-corrected chi connectivity index (χ4v) is 5.86. The highest BCUT2D eigenvalue weighted by Crippen LogP contribution is 2.35. The number of amides is 1. The molecule has 0 unspecified atom stereocenters. The van der Waals surface area contributed by atoms with Gasteiger partial charge in [-0.15, -0.1) is 0 Å². The number of piperidine rings is 1.